The number of aromatic nitrogens is 3. The highest BCUT2D eigenvalue weighted by molar-refractivity contribution is 6.30. The van der Waals surface area contributed by atoms with Crippen LogP contribution >= 0.6 is 11.6 Å². The summed E-state index contributed by atoms with van der Waals surface area (Å²) in [5, 5.41) is 11.8. The Morgan fingerprint density at radius 3 is 2.91 bits per heavy atom. The van der Waals surface area contributed by atoms with Crippen LogP contribution < -0.4 is 5.32 Å². The van der Waals surface area contributed by atoms with Crippen LogP contribution in [0, 0.1) is 19.7 Å². The minimum atomic E-state index is -0.398. The first kappa shape index (κ1) is 23.5. The molecule has 2 aromatic carbocycles. The molecule has 1 aliphatic heterocycles. The van der Waals surface area contributed by atoms with Crippen LogP contribution in [0.25, 0.3) is 22.2 Å². The van der Waals surface area contributed by atoms with Gasteiger partial charge in [0.05, 0.1) is 10.5 Å². The minimum absolute atomic E-state index is 0.0241. The van der Waals surface area contributed by atoms with Gasteiger partial charge in [-0.2, -0.15) is 5.10 Å². The minimum Gasteiger partial charge on any atom is -0.348 e. The van der Waals surface area contributed by atoms with Crippen LogP contribution in [0.5, 0.6) is 0 Å². The van der Waals surface area contributed by atoms with E-state index in [4.69, 9.17) is 11.6 Å². The number of aromatic amines is 1. The van der Waals surface area contributed by atoms with Crippen LogP contribution in [-0.4, -0.2) is 45.1 Å². The molecule has 1 fully saturated rings. The molecule has 1 saturated heterocycles. The van der Waals surface area contributed by atoms with E-state index < -0.39 is 5.82 Å². The summed E-state index contributed by atoms with van der Waals surface area (Å²) < 4.78 is 14.0. The summed E-state index contributed by atoms with van der Waals surface area (Å²) in [7, 11) is 0. The zero-order valence-electron chi connectivity index (χ0n) is 19.7. The number of piperidine rings is 1. The van der Waals surface area contributed by atoms with Crippen molar-refractivity contribution >= 4 is 28.4 Å². The first-order valence-corrected chi connectivity index (χ1v) is 12.1. The third kappa shape index (κ3) is 5.06. The third-order valence-electron chi connectivity index (χ3n) is 6.61. The van der Waals surface area contributed by atoms with Crippen molar-refractivity contribution in [2.75, 3.05) is 13.1 Å². The second-order valence-corrected chi connectivity index (χ2v) is 9.67. The predicted octanol–water partition coefficient (Wildman–Crippen LogP) is 5.43. The molecule has 1 atom stereocenters. The van der Waals surface area contributed by atoms with Gasteiger partial charge < -0.3 is 5.32 Å². The molecule has 2 aromatic heterocycles. The van der Waals surface area contributed by atoms with Crippen molar-refractivity contribution < 1.29 is 9.18 Å². The molecule has 4 aromatic rings. The van der Waals surface area contributed by atoms with Crippen molar-refractivity contribution in [3.63, 3.8) is 0 Å². The van der Waals surface area contributed by atoms with Gasteiger partial charge in [-0.15, -0.1) is 0 Å². The molecule has 3 heterocycles. The number of benzene rings is 2. The van der Waals surface area contributed by atoms with Crippen LogP contribution in [0.1, 0.15) is 40.0 Å². The number of nitrogens with zero attached hydrogens (tertiary/aromatic N) is 3. The average Bonchev–Trinajstić information content (AvgIpc) is 3.26. The largest absolute Gasteiger partial charge is 0.348 e. The van der Waals surface area contributed by atoms with Crippen molar-refractivity contribution in [3.05, 3.63) is 81.9 Å². The topological polar surface area (TPSA) is 73.9 Å². The number of aryl methyl sites for hydroxylation is 2. The molecule has 8 heteroatoms. The van der Waals surface area contributed by atoms with E-state index in [2.05, 4.69) is 25.4 Å². The Morgan fingerprint density at radius 1 is 1.23 bits per heavy atom. The number of carbonyl (C=O) groups is 1. The number of pyridine rings is 1. The second-order valence-electron chi connectivity index (χ2n) is 9.26. The Kier molecular flexibility index (Phi) is 6.54. The van der Waals surface area contributed by atoms with Crippen LogP contribution in [0.2, 0.25) is 5.02 Å². The molecular weight excluding hydrogens is 465 g/mol. The van der Waals surface area contributed by atoms with Gasteiger partial charge in [-0.3, -0.25) is 19.8 Å². The molecule has 0 radical (unpaired) electrons. The number of likely N-dealkylation sites (tertiary alicyclic amines) is 1. The van der Waals surface area contributed by atoms with Gasteiger partial charge in [0.15, 0.2) is 0 Å². The Hall–Kier alpha value is -3.29. The van der Waals surface area contributed by atoms with Gasteiger partial charge in [-0.05, 0) is 86.8 Å². The molecule has 180 valence electrons. The van der Waals surface area contributed by atoms with Gasteiger partial charge in [-0.25, -0.2) is 4.39 Å². The fourth-order valence-corrected chi connectivity index (χ4v) is 4.97. The monoisotopic (exact) mass is 491 g/mol. The summed E-state index contributed by atoms with van der Waals surface area (Å²) in [4.78, 5) is 19.7. The molecule has 2 N–H and O–H groups in total. The summed E-state index contributed by atoms with van der Waals surface area (Å²) in [5.41, 5.74) is 6.03. The van der Waals surface area contributed by atoms with E-state index in [-0.39, 0.29) is 17.0 Å². The zero-order valence-corrected chi connectivity index (χ0v) is 20.5. The summed E-state index contributed by atoms with van der Waals surface area (Å²) in [6, 6.07) is 12.7. The SMILES string of the molecule is Cc1cc(-c2n[nH]c3ccc(C(=O)N[C@@H]4CCCN(Cc5cc(F)c(Cl)cc5C)C4)cc23)ccn1. The maximum Gasteiger partial charge on any atom is 0.251 e. The van der Waals surface area contributed by atoms with Crippen molar-refractivity contribution in [1.29, 1.82) is 0 Å². The smallest absolute Gasteiger partial charge is 0.251 e. The molecule has 1 amide bonds. The molecule has 35 heavy (non-hydrogen) atoms. The number of fused-ring (bicyclic) bond motifs is 1. The molecule has 0 spiro atoms. The van der Waals surface area contributed by atoms with E-state index in [1.54, 1.807) is 12.3 Å². The van der Waals surface area contributed by atoms with Gasteiger partial charge >= 0.3 is 0 Å². The van der Waals surface area contributed by atoms with Crippen LogP contribution in [0.15, 0.2) is 48.7 Å². The number of carbonyl (C=O) groups excluding carboxylic acids is 1. The maximum atomic E-state index is 14.0. The third-order valence-corrected chi connectivity index (χ3v) is 6.90. The van der Waals surface area contributed by atoms with Gasteiger partial charge in [0.2, 0.25) is 0 Å². The first-order valence-electron chi connectivity index (χ1n) is 11.8. The number of nitrogens with one attached hydrogen (secondary N) is 2. The summed E-state index contributed by atoms with van der Waals surface area (Å²) in [6.07, 6.45) is 3.63. The predicted molar refractivity (Wildman–Crippen MR) is 136 cm³/mol. The lowest BCUT2D eigenvalue weighted by molar-refractivity contribution is 0.0901. The number of H-pyrrole nitrogens is 1. The average molecular weight is 492 g/mol. The standard InChI is InChI=1S/C27H27ClFN5O/c1-16-10-23(28)24(29)13-20(16)14-34-9-3-4-21(15-34)31-27(35)19-5-6-25-22(12-19)26(33-32-25)18-7-8-30-17(2)11-18/h5-8,10-13,21H,3-4,9,14-15H2,1-2H3,(H,31,35)(H,32,33)/t21-/m1/s1. The molecule has 6 nitrogen and oxygen atoms in total. The van der Waals surface area contributed by atoms with E-state index in [0.717, 1.165) is 58.4 Å². The highest BCUT2D eigenvalue weighted by Crippen LogP contribution is 2.27. The van der Waals surface area contributed by atoms with E-state index in [0.29, 0.717) is 18.7 Å². The lowest BCUT2D eigenvalue weighted by atomic mass is 10.0. The fourth-order valence-electron chi connectivity index (χ4n) is 4.75. The Labute approximate surface area is 208 Å². The quantitative estimate of drug-likeness (QED) is 0.390. The number of hydrogen-bond donors (Lipinski definition) is 2. The van der Waals surface area contributed by atoms with Gasteiger partial charge in [0.1, 0.15) is 11.5 Å². The number of amides is 1. The van der Waals surface area contributed by atoms with Crippen LogP contribution in [-0.2, 0) is 6.54 Å². The summed E-state index contributed by atoms with van der Waals surface area (Å²) in [5.74, 6) is -0.504. The highest BCUT2D eigenvalue weighted by atomic mass is 35.5. The fraction of sp³-hybridized carbons (Fsp3) is 0.296. The number of rotatable bonds is 5. The Bertz CT molecular complexity index is 1400. The first-order chi connectivity index (χ1) is 16.9. The molecule has 0 bridgehead atoms. The normalized spacial score (nSPS) is 16.5. The Morgan fingerprint density at radius 2 is 2.09 bits per heavy atom. The van der Waals surface area contributed by atoms with Gasteiger partial charge in [0, 0.05) is 47.5 Å². The molecule has 5 rings (SSSR count). The Balaban J connectivity index is 1.30. The molecule has 0 saturated carbocycles. The highest BCUT2D eigenvalue weighted by Gasteiger charge is 2.23. The molecule has 0 unspecified atom stereocenters. The van der Waals surface area contributed by atoms with Crippen LogP contribution in [0.3, 0.4) is 0 Å². The second kappa shape index (κ2) is 9.76. The maximum absolute atomic E-state index is 14.0. The molecule has 1 aliphatic rings. The lowest BCUT2D eigenvalue weighted by Crippen LogP contribution is -2.47. The van der Waals surface area contributed by atoms with Crippen LogP contribution in [0.4, 0.5) is 4.39 Å². The lowest BCUT2D eigenvalue weighted by Gasteiger charge is -2.33. The summed E-state index contributed by atoms with van der Waals surface area (Å²) >= 11 is 5.90. The summed E-state index contributed by atoms with van der Waals surface area (Å²) in [6.45, 7) is 6.13. The molecular formula is C27H27ClFN5O. The molecule has 0 aliphatic carbocycles. The van der Waals surface area contributed by atoms with Crippen molar-refractivity contribution in [1.82, 2.24) is 25.4 Å². The van der Waals surface area contributed by atoms with E-state index >= 15 is 0 Å². The zero-order chi connectivity index (χ0) is 24.5. The van der Waals surface area contributed by atoms with Gasteiger partial charge in [0.25, 0.3) is 5.91 Å². The van der Waals surface area contributed by atoms with Crippen molar-refractivity contribution in [2.45, 2.75) is 39.3 Å². The van der Waals surface area contributed by atoms with Crippen molar-refractivity contribution in [3.8, 4) is 11.3 Å². The van der Waals surface area contributed by atoms with Gasteiger partial charge in [-0.1, -0.05) is 11.6 Å². The number of hydrogen-bond acceptors (Lipinski definition) is 4. The van der Waals surface area contributed by atoms with E-state index in [1.165, 1.54) is 6.07 Å². The number of halogens is 2. The van der Waals surface area contributed by atoms with Crippen molar-refractivity contribution in [2.24, 2.45) is 0 Å². The van der Waals surface area contributed by atoms with E-state index in [1.807, 2.05) is 44.2 Å². The van der Waals surface area contributed by atoms with E-state index in [9.17, 15) is 9.18 Å².